The van der Waals surface area contributed by atoms with E-state index in [1.54, 1.807) is 11.3 Å². The molecular weight excluding hydrogens is 491 g/mol. The summed E-state index contributed by atoms with van der Waals surface area (Å²) >= 11 is 3.05. The highest BCUT2D eigenvalue weighted by Crippen LogP contribution is 2.33. The highest BCUT2D eigenvalue weighted by Gasteiger charge is 2.22. The minimum atomic E-state index is -0.195. The van der Waals surface area contributed by atoms with Gasteiger partial charge in [0.2, 0.25) is 0 Å². The summed E-state index contributed by atoms with van der Waals surface area (Å²) in [6.07, 6.45) is 6.64. The van der Waals surface area contributed by atoms with E-state index in [1.807, 2.05) is 49.1 Å². The van der Waals surface area contributed by atoms with Crippen LogP contribution < -0.4 is 9.21 Å². The molecule has 1 unspecified atom stereocenters. The van der Waals surface area contributed by atoms with Crippen molar-refractivity contribution in [3.05, 3.63) is 60.1 Å². The molecule has 1 saturated heterocycles. The molecule has 0 spiro atoms. The first-order valence-corrected chi connectivity index (χ1v) is 12.8. The number of anilines is 2. The average molecular weight is 525 g/mol. The molecule has 2 aromatic heterocycles. The number of aromatic nitrogens is 3. The van der Waals surface area contributed by atoms with E-state index in [-0.39, 0.29) is 25.4 Å². The molecule has 1 aromatic carbocycles. The number of piperazine rings is 1. The Balaban J connectivity index is 0.00000324. The van der Waals surface area contributed by atoms with Gasteiger partial charge in [-0.3, -0.25) is 13.4 Å². The lowest BCUT2D eigenvalue weighted by molar-refractivity contribution is 0.242. The minimum absolute atomic E-state index is 0. The van der Waals surface area contributed by atoms with Crippen molar-refractivity contribution in [3.8, 4) is 0 Å². The van der Waals surface area contributed by atoms with Crippen LogP contribution in [0.3, 0.4) is 0 Å². The van der Waals surface area contributed by atoms with Crippen LogP contribution in [0.1, 0.15) is 31.1 Å². The lowest BCUT2D eigenvalue weighted by atomic mass is 10.1. The molecule has 1 atom stereocenters. The molecule has 7 nitrogen and oxygen atoms in total. The Hall–Kier alpha value is -1.79. The molecule has 0 aliphatic carbocycles. The topological polar surface area (TPSA) is 49.7 Å². The largest absolute Gasteiger partial charge is 0.345 e. The van der Waals surface area contributed by atoms with E-state index in [2.05, 4.69) is 31.3 Å². The van der Waals surface area contributed by atoms with Gasteiger partial charge >= 0.3 is 0 Å². The van der Waals surface area contributed by atoms with E-state index in [9.17, 15) is 4.39 Å². The zero-order valence-corrected chi connectivity index (χ0v) is 22.5. The molecule has 11 heteroatoms. The van der Waals surface area contributed by atoms with Gasteiger partial charge < -0.3 is 9.47 Å². The van der Waals surface area contributed by atoms with Crippen LogP contribution in [0.4, 0.5) is 14.5 Å². The number of rotatable bonds is 10. The minimum Gasteiger partial charge on any atom is -0.345 e. The van der Waals surface area contributed by atoms with E-state index in [0.29, 0.717) is 6.61 Å². The van der Waals surface area contributed by atoms with Crippen molar-refractivity contribution in [1.82, 2.24) is 19.4 Å². The zero-order chi connectivity index (χ0) is 23.2. The molecule has 4 rings (SSSR count). The lowest BCUT2D eigenvalue weighted by Crippen LogP contribution is -2.46. The third-order valence-corrected chi connectivity index (χ3v) is 7.78. The van der Waals surface area contributed by atoms with Gasteiger partial charge in [0.25, 0.3) is 0 Å². The maximum absolute atomic E-state index is 13.2. The fraction of sp³-hybridized carbons (Fsp3) is 0.478. The summed E-state index contributed by atoms with van der Waals surface area (Å²) in [5.41, 5.74) is 2.34. The lowest BCUT2D eigenvalue weighted by Gasteiger charge is -2.34. The van der Waals surface area contributed by atoms with E-state index in [1.165, 1.54) is 30.1 Å². The predicted molar refractivity (Wildman–Crippen MR) is 145 cm³/mol. The predicted octanol–water partition coefficient (Wildman–Crippen LogP) is 4.75. The molecule has 0 amide bonds. The second kappa shape index (κ2) is 12.8. The van der Waals surface area contributed by atoms with Crippen molar-refractivity contribution in [1.29, 1.82) is 0 Å². The van der Waals surface area contributed by atoms with Crippen molar-refractivity contribution >= 4 is 47.2 Å². The first-order chi connectivity index (χ1) is 16.0. The Bertz CT molecular complexity index is 1010. The first-order valence-electron chi connectivity index (χ1n) is 11.2. The molecule has 1 fully saturated rings. The van der Waals surface area contributed by atoms with Crippen LogP contribution in [-0.4, -0.2) is 59.3 Å². The highest BCUT2D eigenvalue weighted by molar-refractivity contribution is 7.96. The number of halogens is 1. The van der Waals surface area contributed by atoms with Gasteiger partial charge in [-0.25, -0.2) is 14.4 Å². The standard InChI is InChI=1S/C23H31FN6OS2.H2S/c1-4-31-33-27(3)22-15-26-23(32-22)29-11-9-28(10-12-29)16-21-14-25-17-30(21)18(2)13-19-5-7-20(24)8-6-19;/h5-8,14-15,17-18H,4,9-13,16H2,1-3H3;1H2. The number of benzene rings is 1. The summed E-state index contributed by atoms with van der Waals surface area (Å²) < 4.78 is 22.9. The zero-order valence-electron chi connectivity index (χ0n) is 19.9. The van der Waals surface area contributed by atoms with Crippen molar-refractivity contribution in [2.45, 2.75) is 32.9 Å². The molecular formula is C23H33FN6OS3. The van der Waals surface area contributed by atoms with Gasteiger partial charge in [0.1, 0.15) is 23.0 Å². The van der Waals surface area contributed by atoms with Crippen LogP contribution in [-0.2, 0) is 17.1 Å². The number of hydrogen-bond donors (Lipinski definition) is 0. The Labute approximate surface area is 216 Å². The summed E-state index contributed by atoms with van der Waals surface area (Å²) in [5.74, 6) is -0.195. The summed E-state index contributed by atoms with van der Waals surface area (Å²) in [5, 5.41) is 2.15. The van der Waals surface area contributed by atoms with Gasteiger partial charge in [-0.05, 0) is 38.0 Å². The smallest absolute Gasteiger partial charge is 0.187 e. The van der Waals surface area contributed by atoms with Crippen LogP contribution >= 0.6 is 37.1 Å². The number of nitrogens with zero attached hydrogens (tertiary/aromatic N) is 6. The molecule has 186 valence electrons. The fourth-order valence-corrected chi connectivity index (χ4v) is 5.38. The van der Waals surface area contributed by atoms with Crippen LogP contribution in [0.5, 0.6) is 0 Å². The Kier molecular flexibility index (Phi) is 10.1. The molecule has 0 radical (unpaired) electrons. The van der Waals surface area contributed by atoms with Crippen LogP contribution in [0.15, 0.2) is 43.0 Å². The monoisotopic (exact) mass is 524 g/mol. The van der Waals surface area contributed by atoms with Crippen molar-refractivity contribution in [2.75, 3.05) is 49.0 Å². The van der Waals surface area contributed by atoms with Crippen molar-refractivity contribution in [2.24, 2.45) is 0 Å². The number of hydrogen-bond acceptors (Lipinski definition) is 8. The maximum atomic E-state index is 13.2. The molecule has 0 N–H and O–H groups in total. The third kappa shape index (κ3) is 6.88. The Morgan fingerprint density at radius 3 is 2.62 bits per heavy atom. The maximum Gasteiger partial charge on any atom is 0.187 e. The second-order valence-corrected chi connectivity index (χ2v) is 10.1. The summed E-state index contributed by atoms with van der Waals surface area (Å²) in [6, 6.07) is 7.03. The van der Waals surface area contributed by atoms with Gasteiger partial charge in [-0.15, -0.1) is 0 Å². The number of thiazole rings is 1. The summed E-state index contributed by atoms with van der Waals surface area (Å²) in [4.78, 5) is 13.9. The van der Waals surface area contributed by atoms with Gasteiger partial charge in [0.15, 0.2) is 5.13 Å². The number of imidazole rings is 1. The molecule has 34 heavy (non-hydrogen) atoms. The Morgan fingerprint density at radius 1 is 1.18 bits per heavy atom. The van der Waals surface area contributed by atoms with Crippen LogP contribution in [0.2, 0.25) is 0 Å². The van der Waals surface area contributed by atoms with Gasteiger partial charge in [-0.1, -0.05) is 23.5 Å². The first kappa shape index (κ1) is 26.8. The van der Waals surface area contributed by atoms with E-state index in [4.69, 9.17) is 4.18 Å². The summed E-state index contributed by atoms with van der Waals surface area (Å²) in [6.45, 7) is 9.59. The second-order valence-electron chi connectivity index (χ2n) is 8.19. The molecule has 1 aliphatic heterocycles. The molecule has 1 aliphatic rings. The summed E-state index contributed by atoms with van der Waals surface area (Å²) in [7, 11) is 2.00. The normalized spacial score (nSPS) is 15.2. The SMILES string of the molecule is CCOSN(C)c1cnc(N2CCN(Cc3cncn3C(C)Cc3ccc(F)cc3)CC2)s1.S. The van der Waals surface area contributed by atoms with Crippen LogP contribution in [0, 0.1) is 5.82 Å². The molecule has 0 bridgehead atoms. The molecule has 3 heterocycles. The average Bonchev–Trinajstić information content (AvgIpc) is 3.50. The van der Waals surface area contributed by atoms with E-state index in [0.717, 1.165) is 54.8 Å². The van der Waals surface area contributed by atoms with Crippen molar-refractivity contribution < 1.29 is 8.57 Å². The third-order valence-electron chi connectivity index (χ3n) is 5.77. The van der Waals surface area contributed by atoms with E-state index < -0.39 is 0 Å². The van der Waals surface area contributed by atoms with Crippen molar-refractivity contribution in [3.63, 3.8) is 0 Å². The van der Waals surface area contributed by atoms with Gasteiger partial charge in [0.05, 0.1) is 24.8 Å². The quantitative estimate of drug-likeness (QED) is 0.280. The highest BCUT2D eigenvalue weighted by atomic mass is 32.2. The van der Waals surface area contributed by atoms with E-state index >= 15 is 0 Å². The van der Waals surface area contributed by atoms with Gasteiger partial charge in [0, 0.05) is 52.0 Å². The molecule has 3 aromatic rings. The Morgan fingerprint density at radius 2 is 1.91 bits per heavy atom. The van der Waals surface area contributed by atoms with Gasteiger partial charge in [-0.2, -0.15) is 13.5 Å². The van der Waals surface area contributed by atoms with Crippen LogP contribution in [0.25, 0.3) is 0 Å². The fourth-order valence-electron chi connectivity index (χ4n) is 3.95. The molecule has 0 saturated carbocycles.